The van der Waals surface area contributed by atoms with Crippen molar-refractivity contribution in [1.82, 2.24) is 0 Å². The van der Waals surface area contributed by atoms with Gasteiger partial charge in [0.15, 0.2) is 5.78 Å². The van der Waals surface area contributed by atoms with Crippen molar-refractivity contribution in [3.05, 3.63) is 65.7 Å². The topological polar surface area (TPSA) is 29.1 Å². The normalized spacial score (nSPS) is 10.2. The summed E-state index contributed by atoms with van der Waals surface area (Å²) < 4.78 is 0. The molecule has 0 spiro atoms. The molecule has 2 aromatic rings. The van der Waals surface area contributed by atoms with Crippen molar-refractivity contribution in [3.8, 4) is 0 Å². The van der Waals surface area contributed by atoms with Crippen LogP contribution in [0.4, 0.5) is 5.69 Å². The Bertz CT molecular complexity index is 548. The van der Waals surface area contributed by atoms with Crippen molar-refractivity contribution in [2.24, 2.45) is 0 Å². The predicted molar refractivity (Wildman–Crippen MR) is 84.3 cm³/mol. The second kappa shape index (κ2) is 7.49. The first-order chi connectivity index (χ1) is 9.83. The molecule has 0 fully saturated rings. The molecule has 20 heavy (non-hydrogen) atoms. The van der Waals surface area contributed by atoms with Crippen molar-refractivity contribution in [2.45, 2.75) is 26.2 Å². The second-order valence-corrected chi connectivity index (χ2v) is 4.87. The molecule has 0 bridgehead atoms. The number of unbranched alkanes of at least 4 members (excludes halogenated alkanes) is 2. The lowest BCUT2D eigenvalue weighted by Crippen LogP contribution is -2.08. The first-order valence-electron chi connectivity index (χ1n) is 7.25. The summed E-state index contributed by atoms with van der Waals surface area (Å²) in [6, 6.07) is 17.2. The molecule has 0 saturated heterocycles. The molecule has 2 aromatic carbocycles. The lowest BCUT2D eigenvalue weighted by atomic mass is 10.0. The molecule has 0 radical (unpaired) electrons. The van der Waals surface area contributed by atoms with Crippen LogP contribution in [0.15, 0.2) is 54.6 Å². The fourth-order valence-corrected chi connectivity index (χ4v) is 2.18. The minimum atomic E-state index is 0.0733. The van der Waals surface area contributed by atoms with Gasteiger partial charge in [-0.2, -0.15) is 0 Å². The maximum absolute atomic E-state index is 12.5. The van der Waals surface area contributed by atoms with Crippen molar-refractivity contribution >= 4 is 11.5 Å². The van der Waals surface area contributed by atoms with E-state index in [-0.39, 0.29) is 5.78 Å². The fraction of sp³-hybridized carbons (Fsp3) is 0.278. The molecule has 0 saturated carbocycles. The molecule has 0 atom stereocenters. The maximum Gasteiger partial charge on any atom is 0.195 e. The molecule has 0 amide bonds. The van der Waals surface area contributed by atoms with E-state index in [1.807, 2.05) is 54.6 Å². The molecule has 0 heterocycles. The van der Waals surface area contributed by atoms with Crippen molar-refractivity contribution in [2.75, 3.05) is 11.9 Å². The zero-order chi connectivity index (χ0) is 14.2. The van der Waals surface area contributed by atoms with Crippen LogP contribution in [0.3, 0.4) is 0 Å². The van der Waals surface area contributed by atoms with E-state index in [0.29, 0.717) is 0 Å². The molecular weight excluding hydrogens is 246 g/mol. The summed E-state index contributed by atoms with van der Waals surface area (Å²) in [5.41, 5.74) is 2.41. The highest BCUT2D eigenvalue weighted by Gasteiger charge is 2.12. The van der Waals surface area contributed by atoms with Gasteiger partial charge in [0.2, 0.25) is 0 Å². The average molecular weight is 267 g/mol. The van der Waals surface area contributed by atoms with Crippen LogP contribution in [0, 0.1) is 0 Å². The largest absolute Gasteiger partial charge is 0.384 e. The van der Waals surface area contributed by atoms with Crippen LogP contribution in [-0.2, 0) is 0 Å². The Morgan fingerprint density at radius 1 is 0.950 bits per heavy atom. The molecule has 2 rings (SSSR count). The third-order valence-electron chi connectivity index (χ3n) is 3.30. The van der Waals surface area contributed by atoms with Gasteiger partial charge in [0.05, 0.1) is 0 Å². The van der Waals surface area contributed by atoms with Gasteiger partial charge in [-0.15, -0.1) is 0 Å². The molecule has 104 valence electrons. The summed E-state index contributed by atoms with van der Waals surface area (Å²) in [7, 11) is 0. The van der Waals surface area contributed by atoms with Gasteiger partial charge in [-0.25, -0.2) is 0 Å². The summed E-state index contributed by atoms with van der Waals surface area (Å²) in [5, 5.41) is 3.38. The van der Waals surface area contributed by atoms with Gasteiger partial charge >= 0.3 is 0 Å². The number of carbonyl (C=O) groups excluding carboxylic acids is 1. The number of para-hydroxylation sites is 1. The minimum absolute atomic E-state index is 0.0733. The molecule has 2 nitrogen and oxygen atoms in total. The standard InChI is InChI=1S/C18H21NO/c1-2-3-9-14-19-17-13-8-7-12-16(17)18(20)15-10-5-4-6-11-15/h4-8,10-13,19H,2-3,9,14H2,1H3. The highest BCUT2D eigenvalue weighted by atomic mass is 16.1. The summed E-state index contributed by atoms with van der Waals surface area (Å²) >= 11 is 0. The second-order valence-electron chi connectivity index (χ2n) is 4.87. The summed E-state index contributed by atoms with van der Waals surface area (Å²) in [6.07, 6.45) is 3.54. The Hall–Kier alpha value is -2.09. The first-order valence-corrected chi connectivity index (χ1v) is 7.25. The van der Waals surface area contributed by atoms with Gasteiger partial charge in [0.1, 0.15) is 0 Å². The number of carbonyl (C=O) groups is 1. The number of rotatable bonds is 7. The predicted octanol–water partition coefficient (Wildman–Crippen LogP) is 4.52. The van der Waals surface area contributed by atoms with Crippen molar-refractivity contribution in [1.29, 1.82) is 0 Å². The SMILES string of the molecule is CCCCCNc1ccccc1C(=O)c1ccccc1. The third-order valence-corrected chi connectivity index (χ3v) is 3.30. The maximum atomic E-state index is 12.5. The van der Waals surface area contributed by atoms with Gasteiger partial charge in [0.25, 0.3) is 0 Å². The minimum Gasteiger partial charge on any atom is -0.384 e. The van der Waals surface area contributed by atoms with Crippen molar-refractivity contribution < 1.29 is 4.79 Å². The zero-order valence-corrected chi connectivity index (χ0v) is 11.9. The Kier molecular flexibility index (Phi) is 5.36. The van der Waals surface area contributed by atoms with Crippen LogP contribution in [-0.4, -0.2) is 12.3 Å². The number of ketones is 1. The van der Waals surface area contributed by atoms with Crippen molar-refractivity contribution in [3.63, 3.8) is 0 Å². The Morgan fingerprint density at radius 2 is 1.65 bits per heavy atom. The average Bonchev–Trinajstić information content (AvgIpc) is 2.52. The summed E-state index contributed by atoms with van der Waals surface area (Å²) in [6.45, 7) is 3.10. The smallest absolute Gasteiger partial charge is 0.195 e. The van der Waals surface area contributed by atoms with E-state index in [4.69, 9.17) is 0 Å². The van der Waals surface area contributed by atoms with E-state index in [1.54, 1.807) is 0 Å². The molecule has 1 N–H and O–H groups in total. The highest BCUT2D eigenvalue weighted by Crippen LogP contribution is 2.19. The van der Waals surface area contributed by atoms with E-state index in [2.05, 4.69) is 12.2 Å². The summed E-state index contributed by atoms with van der Waals surface area (Å²) in [5.74, 6) is 0.0733. The number of nitrogens with one attached hydrogen (secondary N) is 1. The monoisotopic (exact) mass is 267 g/mol. The summed E-state index contributed by atoms with van der Waals surface area (Å²) in [4.78, 5) is 12.5. The fourth-order valence-electron chi connectivity index (χ4n) is 2.18. The van der Waals surface area contributed by atoms with E-state index < -0.39 is 0 Å². The van der Waals surface area contributed by atoms with Crippen LogP contribution in [0.5, 0.6) is 0 Å². The molecule has 2 heteroatoms. The van der Waals surface area contributed by atoms with E-state index in [0.717, 1.165) is 29.8 Å². The molecule has 0 aliphatic heterocycles. The third kappa shape index (κ3) is 3.70. The first kappa shape index (κ1) is 14.3. The van der Waals surface area contributed by atoms with Crippen LogP contribution in [0.25, 0.3) is 0 Å². The lowest BCUT2D eigenvalue weighted by Gasteiger charge is -2.11. The highest BCUT2D eigenvalue weighted by molar-refractivity contribution is 6.12. The Labute approximate surface area is 120 Å². The molecular formula is C18H21NO. The van der Waals surface area contributed by atoms with Gasteiger partial charge in [-0.3, -0.25) is 4.79 Å². The van der Waals surface area contributed by atoms with Gasteiger partial charge < -0.3 is 5.32 Å². The molecule has 0 aromatic heterocycles. The van der Waals surface area contributed by atoms with E-state index in [9.17, 15) is 4.79 Å². The van der Waals surface area contributed by atoms with E-state index in [1.165, 1.54) is 12.8 Å². The number of benzene rings is 2. The van der Waals surface area contributed by atoms with Crippen LogP contribution in [0.2, 0.25) is 0 Å². The van der Waals surface area contributed by atoms with Gasteiger partial charge in [-0.1, -0.05) is 62.2 Å². The van der Waals surface area contributed by atoms with Crippen LogP contribution < -0.4 is 5.32 Å². The number of hydrogen-bond donors (Lipinski definition) is 1. The number of anilines is 1. The number of hydrogen-bond acceptors (Lipinski definition) is 2. The van der Waals surface area contributed by atoms with Crippen LogP contribution >= 0.6 is 0 Å². The van der Waals surface area contributed by atoms with E-state index >= 15 is 0 Å². The van der Waals surface area contributed by atoms with Gasteiger partial charge in [-0.05, 0) is 18.6 Å². The lowest BCUT2D eigenvalue weighted by molar-refractivity contribution is 0.103. The molecule has 0 unspecified atom stereocenters. The van der Waals surface area contributed by atoms with Crippen LogP contribution in [0.1, 0.15) is 42.1 Å². The Balaban J connectivity index is 2.13. The molecule has 0 aliphatic carbocycles. The van der Waals surface area contributed by atoms with Gasteiger partial charge in [0, 0.05) is 23.4 Å². The quantitative estimate of drug-likeness (QED) is 0.590. The Morgan fingerprint density at radius 3 is 2.40 bits per heavy atom. The zero-order valence-electron chi connectivity index (χ0n) is 11.9. The molecule has 0 aliphatic rings.